The molecule has 8 nitrogen and oxygen atoms in total. The summed E-state index contributed by atoms with van der Waals surface area (Å²) in [5.74, 6) is -0.587. The Morgan fingerprint density at radius 3 is 2.51 bits per heavy atom. The molecule has 5 rings (SSSR count). The summed E-state index contributed by atoms with van der Waals surface area (Å²) in [6, 6.07) is 12.4. The summed E-state index contributed by atoms with van der Waals surface area (Å²) in [6.45, 7) is 1.01. The standard InChI is InChI=1S/C25H20F3N3O5S/c1-30-8-9-36-22-7-6-19(13-20(22)30)37(34,35)31-18(10-15-2-4-16(5-3-15)24(32)33)11-17-12-23(25(26,27)28)29-14-21(17)31/h2-7,11-14H,8-10H2,1H3,(H,32,33). The molecule has 0 radical (unpaired) electrons. The first-order valence-corrected chi connectivity index (χ1v) is 12.5. The van der Waals surface area contributed by atoms with Crippen molar-refractivity contribution < 1.29 is 36.2 Å². The SMILES string of the molecule is CN1CCOc2ccc(S(=O)(=O)n3c(Cc4ccc(C(=O)O)cc4)cc4cc(C(F)(F)F)ncc43)cc21. The molecule has 0 atom stereocenters. The fourth-order valence-corrected chi connectivity index (χ4v) is 5.82. The van der Waals surface area contributed by atoms with Gasteiger partial charge in [0.1, 0.15) is 18.1 Å². The van der Waals surface area contributed by atoms with Crippen molar-refractivity contribution in [1.29, 1.82) is 0 Å². The molecule has 0 saturated carbocycles. The van der Waals surface area contributed by atoms with Gasteiger partial charge in [-0.05, 0) is 48.0 Å². The number of hydrogen-bond donors (Lipinski definition) is 1. The number of aromatic nitrogens is 2. The Morgan fingerprint density at radius 1 is 1.11 bits per heavy atom. The van der Waals surface area contributed by atoms with Gasteiger partial charge in [-0.15, -0.1) is 0 Å². The lowest BCUT2D eigenvalue weighted by Crippen LogP contribution is -2.29. The number of fused-ring (bicyclic) bond motifs is 2. The molecule has 0 saturated heterocycles. The fraction of sp³-hybridized carbons (Fsp3) is 0.200. The third-order valence-corrected chi connectivity index (χ3v) is 7.92. The largest absolute Gasteiger partial charge is 0.490 e. The van der Waals surface area contributed by atoms with E-state index < -0.39 is 27.9 Å². The summed E-state index contributed by atoms with van der Waals surface area (Å²) in [6.07, 6.45) is -3.78. The minimum Gasteiger partial charge on any atom is -0.490 e. The van der Waals surface area contributed by atoms with Crippen molar-refractivity contribution in [2.24, 2.45) is 0 Å². The molecule has 3 heterocycles. The van der Waals surface area contributed by atoms with Crippen LogP contribution in [0, 0.1) is 0 Å². The molecule has 0 unspecified atom stereocenters. The summed E-state index contributed by atoms with van der Waals surface area (Å²) in [7, 11) is -2.48. The van der Waals surface area contributed by atoms with Gasteiger partial charge < -0.3 is 14.7 Å². The highest BCUT2D eigenvalue weighted by molar-refractivity contribution is 7.90. The number of carboxylic acid groups (broad SMARTS) is 1. The third-order valence-electron chi connectivity index (χ3n) is 6.16. The number of nitrogens with zero attached hydrogens (tertiary/aromatic N) is 3. The highest BCUT2D eigenvalue weighted by Crippen LogP contribution is 2.36. The normalized spacial score (nSPS) is 13.9. The van der Waals surface area contributed by atoms with E-state index in [1.807, 2.05) is 4.90 Å². The Bertz CT molecular complexity index is 1630. The van der Waals surface area contributed by atoms with Crippen molar-refractivity contribution in [3.05, 3.63) is 83.3 Å². The van der Waals surface area contributed by atoms with Crippen LogP contribution in [0.3, 0.4) is 0 Å². The van der Waals surface area contributed by atoms with Crippen molar-refractivity contribution in [2.75, 3.05) is 25.1 Å². The molecule has 12 heteroatoms. The highest BCUT2D eigenvalue weighted by atomic mass is 32.2. The monoisotopic (exact) mass is 531 g/mol. The number of carboxylic acids is 1. The minimum atomic E-state index is -4.70. The summed E-state index contributed by atoms with van der Waals surface area (Å²) in [4.78, 5) is 16.4. The number of halogens is 3. The van der Waals surface area contributed by atoms with Gasteiger partial charge in [0.2, 0.25) is 0 Å². The smallest absolute Gasteiger partial charge is 0.433 e. The lowest BCUT2D eigenvalue weighted by atomic mass is 10.1. The Labute approximate surface area is 209 Å². The van der Waals surface area contributed by atoms with Crippen LogP contribution in [-0.2, 0) is 22.6 Å². The average molecular weight is 532 g/mol. The molecule has 1 N–H and O–H groups in total. The maximum Gasteiger partial charge on any atom is 0.433 e. The number of pyridine rings is 1. The predicted octanol–water partition coefficient (Wildman–Crippen LogP) is 4.41. The second-order valence-electron chi connectivity index (χ2n) is 8.61. The van der Waals surface area contributed by atoms with Crippen molar-refractivity contribution in [1.82, 2.24) is 8.96 Å². The first kappa shape index (κ1) is 24.6. The zero-order valence-electron chi connectivity index (χ0n) is 19.4. The molecule has 4 aromatic rings. The van der Waals surface area contributed by atoms with Gasteiger partial charge in [0, 0.05) is 24.5 Å². The molecule has 0 fully saturated rings. The first-order valence-electron chi connectivity index (χ1n) is 11.1. The van der Waals surface area contributed by atoms with Gasteiger partial charge in [0.05, 0.1) is 34.4 Å². The van der Waals surface area contributed by atoms with Crippen LogP contribution >= 0.6 is 0 Å². The number of benzene rings is 2. The molecule has 37 heavy (non-hydrogen) atoms. The third kappa shape index (κ3) is 4.48. The number of aromatic carboxylic acids is 1. The zero-order chi connectivity index (χ0) is 26.5. The van der Waals surface area contributed by atoms with Crippen molar-refractivity contribution >= 4 is 32.6 Å². The molecule has 192 valence electrons. The molecule has 2 aromatic heterocycles. The second kappa shape index (κ2) is 8.80. The molecule has 0 amide bonds. The van der Waals surface area contributed by atoms with Crippen molar-refractivity contribution in [3.8, 4) is 5.75 Å². The topological polar surface area (TPSA) is 102 Å². The van der Waals surface area contributed by atoms with Gasteiger partial charge >= 0.3 is 12.1 Å². The van der Waals surface area contributed by atoms with E-state index in [0.717, 1.165) is 16.2 Å². The van der Waals surface area contributed by atoms with Gasteiger partial charge in [0.25, 0.3) is 10.0 Å². The summed E-state index contributed by atoms with van der Waals surface area (Å²) in [5.41, 5.74) is 0.253. The Morgan fingerprint density at radius 2 is 1.84 bits per heavy atom. The quantitative estimate of drug-likeness (QED) is 0.407. The van der Waals surface area contributed by atoms with Crippen molar-refractivity contribution in [3.63, 3.8) is 0 Å². The highest BCUT2D eigenvalue weighted by Gasteiger charge is 2.34. The van der Waals surface area contributed by atoms with E-state index in [1.54, 1.807) is 13.1 Å². The molecule has 0 aliphatic carbocycles. The van der Waals surface area contributed by atoms with E-state index in [0.29, 0.717) is 30.2 Å². The summed E-state index contributed by atoms with van der Waals surface area (Å²) in [5, 5.41) is 9.19. The van der Waals surface area contributed by atoms with Crippen LogP contribution in [-0.4, -0.2) is 48.6 Å². The zero-order valence-corrected chi connectivity index (χ0v) is 20.2. The number of likely N-dealkylation sites (N-methyl/N-ethyl adjacent to an activating group) is 1. The second-order valence-corrected chi connectivity index (χ2v) is 10.4. The van der Waals surface area contributed by atoms with Gasteiger partial charge in [-0.25, -0.2) is 22.2 Å². The van der Waals surface area contributed by atoms with E-state index in [1.165, 1.54) is 42.5 Å². The van der Waals surface area contributed by atoms with Crippen LogP contribution in [0.1, 0.15) is 27.3 Å². The fourth-order valence-electron chi connectivity index (χ4n) is 4.27. The molecule has 1 aliphatic heterocycles. The number of rotatable bonds is 5. The number of carbonyl (C=O) groups is 1. The van der Waals surface area contributed by atoms with Crippen LogP contribution in [0.5, 0.6) is 5.75 Å². The van der Waals surface area contributed by atoms with Crippen LogP contribution in [0.4, 0.5) is 18.9 Å². The van der Waals surface area contributed by atoms with E-state index >= 15 is 0 Å². The molecule has 0 spiro atoms. The van der Waals surface area contributed by atoms with Gasteiger partial charge in [-0.3, -0.25) is 0 Å². The van der Waals surface area contributed by atoms with Gasteiger partial charge in [-0.1, -0.05) is 12.1 Å². The Hall–Kier alpha value is -4.06. The number of ether oxygens (including phenoxy) is 1. The maximum atomic E-state index is 13.9. The minimum absolute atomic E-state index is 0.00696. The summed E-state index contributed by atoms with van der Waals surface area (Å²) < 4.78 is 74.4. The first-order chi connectivity index (χ1) is 17.4. The number of alkyl halides is 3. The molecular weight excluding hydrogens is 511 g/mol. The molecular formula is C25H20F3N3O5S. The number of hydrogen-bond acceptors (Lipinski definition) is 6. The van der Waals surface area contributed by atoms with E-state index in [9.17, 15) is 26.4 Å². The lowest BCUT2D eigenvalue weighted by molar-refractivity contribution is -0.141. The number of anilines is 1. The van der Waals surface area contributed by atoms with Crippen LogP contribution < -0.4 is 9.64 Å². The summed E-state index contributed by atoms with van der Waals surface area (Å²) >= 11 is 0. The van der Waals surface area contributed by atoms with Crippen LogP contribution in [0.15, 0.2) is 65.7 Å². The van der Waals surface area contributed by atoms with Crippen LogP contribution in [0.25, 0.3) is 10.9 Å². The Kier molecular flexibility index (Phi) is 5.86. The van der Waals surface area contributed by atoms with Crippen molar-refractivity contribution in [2.45, 2.75) is 17.5 Å². The molecule has 2 aromatic carbocycles. The van der Waals surface area contributed by atoms with Gasteiger partial charge in [0.15, 0.2) is 0 Å². The predicted molar refractivity (Wildman–Crippen MR) is 129 cm³/mol. The molecule has 1 aliphatic rings. The Balaban J connectivity index is 1.67. The van der Waals surface area contributed by atoms with E-state index in [2.05, 4.69) is 4.98 Å². The van der Waals surface area contributed by atoms with Gasteiger partial charge in [-0.2, -0.15) is 13.2 Å². The lowest BCUT2D eigenvalue weighted by Gasteiger charge is -2.28. The maximum absolute atomic E-state index is 13.9. The van der Waals surface area contributed by atoms with E-state index in [-0.39, 0.29) is 33.5 Å². The van der Waals surface area contributed by atoms with E-state index in [4.69, 9.17) is 9.84 Å². The molecule has 0 bridgehead atoms. The van der Waals surface area contributed by atoms with Crippen LogP contribution in [0.2, 0.25) is 0 Å². The average Bonchev–Trinajstić information content (AvgIpc) is 3.21.